The summed E-state index contributed by atoms with van der Waals surface area (Å²) in [5.41, 5.74) is -0.147. The van der Waals surface area contributed by atoms with Crippen LogP contribution in [-0.4, -0.2) is 37.2 Å². The third-order valence-corrected chi connectivity index (χ3v) is 2.48. The minimum atomic E-state index is -0.147. The SMILES string of the molecule is CC(C)(C)NC(=O)CCOC1CCNCC1. The zero-order chi connectivity index (χ0) is 12.0. The zero-order valence-corrected chi connectivity index (χ0v) is 10.6. The molecule has 94 valence electrons. The molecule has 0 aromatic carbocycles. The second kappa shape index (κ2) is 6.21. The minimum Gasteiger partial charge on any atom is -0.378 e. The van der Waals surface area contributed by atoms with Crippen LogP contribution in [0.2, 0.25) is 0 Å². The quantitative estimate of drug-likeness (QED) is 0.756. The van der Waals surface area contributed by atoms with Crippen LogP contribution in [0.1, 0.15) is 40.0 Å². The van der Waals surface area contributed by atoms with Crippen LogP contribution in [0.5, 0.6) is 0 Å². The van der Waals surface area contributed by atoms with Crippen molar-refractivity contribution in [3.63, 3.8) is 0 Å². The van der Waals surface area contributed by atoms with E-state index >= 15 is 0 Å². The molecule has 4 heteroatoms. The number of hydrogen-bond acceptors (Lipinski definition) is 3. The van der Waals surface area contributed by atoms with Crippen LogP contribution in [-0.2, 0) is 9.53 Å². The van der Waals surface area contributed by atoms with Gasteiger partial charge in [-0.1, -0.05) is 0 Å². The molecule has 0 bridgehead atoms. The Balaban J connectivity index is 2.08. The highest BCUT2D eigenvalue weighted by molar-refractivity contribution is 5.76. The van der Waals surface area contributed by atoms with Crippen molar-refractivity contribution in [1.29, 1.82) is 0 Å². The van der Waals surface area contributed by atoms with E-state index in [2.05, 4.69) is 10.6 Å². The van der Waals surface area contributed by atoms with Crippen molar-refractivity contribution < 1.29 is 9.53 Å². The van der Waals surface area contributed by atoms with Crippen molar-refractivity contribution in [2.75, 3.05) is 19.7 Å². The number of hydrogen-bond donors (Lipinski definition) is 2. The zero-order valence-electron chi connectivity index (χ0n) is 10.6. The van der Waals surface area contributed by atoms with Gasteiger partial charge in [0.05, 0.1) is 12.7 Å². The van der Waals surface area contributed by atoms with E-state index in [1.165, 1.54) is 0 Å². The normalized spacial score (nSPS) is 18.4. The summed E-state index contributed by atoms with van der Waals surface area (Å²) in [6.07, 6.45) is 2.91. The predicted molar refractivity (Wildman–Crippen MR) is 64.4 cm³/mol. The first-order chi connectivity index (χ1) is 7.47. The Kier molecular flexibility index (Phi) is 5.22. The van der Waals surface area contributed by atoms with Crippen molar-refractivity contribution in [2.45, 2.75) is 51.7 Å². The second-order valence-electron chi connectivity index (χ2n) is 5.37. The maximum absolute atomic E-state index is 11.5. The number of piperidine rings is 1. The van der Waals surface area contributed by atoms with Crippen LogP contribution >= 0.6 is 0 Å². The van der Waals surface area contributed by atoms with Crippen LogP contribution in [0.15, 0.2) is 0 Å². The fourth-order valence-electron chi connectivity index (χ4n) is 1.76. The molecule has 0 radical (unpaired) electrons. The molecule has 1 aliphatic heterocycles. The molecule has 1 saturated heterocycles. The van der Waals surface area contributed by atoms with E-state index in [0.717, 1.165) is 25.9 Å². The van der Waals surface area contributed by atoms with Gasteiger partial charge in [0.1, 0.15) is 0 Å². The highest BCUT2D eigenvalue weighted by Gasteiger charge is 2.16. The molecule has 0 atom stereocenters. The average molecular weight is 228 g/mol. The number of carbonyl (C=O) groups is 1. The monoisotopic (exact) mass is 228 g/mol. The molecule has 0 saturated carbocycles. The molecule has 0 aromatic heterocycles. The molecule has 1 amide bonds. The molecular weight excluding hydrogens is 204 g/mol. The Morgan fingerprint density at radius 2 is 2.00 bits per heavy atom. The summed E-state index contributed by atoms with van der Waals surface area (Å²) in [5, 5.41) is 6.21. The van der Waals surface area contributed by atoms with Crippen LogP contribution < -0.4 is 10.6 Å². The van der Waals surface area contributed by atoms with Gasteiger partial charge in [0.15, 0.2) is 0 Å². The van der Waals surface area contributed by atoms with Crippen LogP contribution in [0.3, 0.4) is 0 Å². The summed E-state index contributed by atoms with van der Waals surface area (Å²) in [4.78, 5) is 11.5. The van der Waals surface area contributed by atoms with E-state index in [0.29, 0.717) is 19.1 Å². The van der Waals surface area contributed by atoms with Gasteiger partial charge in [-0.3, -0.25) is 4.79 Å². The molecule has 1 heterocycles. The first-order valence-corrected chi connectivity index (χ1v) is 6.11. The molecule has 1 rings (SSSR count). The van der Waals surface area contributed by atoms with Gasteiger partial charge >= 0.3 is 0 Å². The molecule has 0 unspecified atom stereocenters. The van der Waals surface area contributed by atoms with Crippen molar-refractivity contribution in [3.05, 3.63) is 0 Å². The molecule has 1 fully saturated rings. The van der Waals surface area contributed by atoms with Gasteiger partial charge < -0.3 is 15.4 Å². The lowest BCUT2D eigenvalue weighted by Gasteiger charge is -2.24. The van der Waals surface area contributed by atoms with Gasteiger partial charge in [0.25, 0.3) is 0 Å². The lowest BCUT2D eigenvalue weighted by molar-refractivity contribution is -0.124. The predicted octanol–water partition coefficient (Wildman–Crippen LogP) is 1.06. The summed E-state index contributed by atoms with van der Waals surface area (Å²) in [7, 11) is 0. The standard InChI is InChI=1S/C12H24N2O2/c1-12(2,3)14-11(15)6-9-16-10-4-7-13-8-5-10/h10,13H,4-9H2,1-3H3,(H,14,15). The maximum Gasteiger partial charge on any atom is 0.222 e. The topological polar surface area (TPSA) is 50.4 Å². The van der Waals surface area contributed by atoms with Crippen molar-refractivity contribution >= 4 is 5.91 Å². The summed E-state index contributed by atoms with van der Waals surface area (Å²) in [6.45, 7) is 8.54. The number of rotatable bonds is 4. The van der Waals surface area contributed by atoms with E-state index < -0.39 is 0 Å². The maximum atomic E-state index is 11.5. The average Bonchev–Trinajstić information content (AvgIpc) is 2.16. The molecule has 0 aliphatic carbocycles. The van der Waals surface area contributed by atoms with Gasteiger partial charge in [-0.05, 0) is 46.7 Å². The summed E-state index contributed by atoms with van der Waals surface area (Å²) >= 11 is 0. The largest absolute Gasteiger partial charge is 0.378 e. The van der Waals surface area contributed by atoms with E-state index in [4.69, 9.17) is 4.74 Å². The molecular formula is C12H24N2O2. The molecule has 2 N–H and O–H groups in total. The molecule has 0 aromatic rings. The Morgan fingerprint density at radius 1 is 1.38 bits per heavy atom. The number of carbonyl (C=O) groups excluding carboxylic acids is 1. The van der Waals surface area contributed by atoms with E-state index in [1.54, 1.807) is 0 Å². The Bertz CT molecular complexity index is 218. The van der Waals surface area contributed by atoms with E-state index in [9.17, 15) is 4.79 Å². The highest BCUT2D eigenvalue weighted by atomic mass is 16.5. The number of nitrogens with one attached hydrogen (secondary N) is 2. The second-order valence-corrected chi connectivity index (χ2v) is 5.37. The Morgan fingerprint density at radius 3 is 2.56 bits per heavy atom. The van der Waals surface area contributed by atoms with Crippen molar-refractivity contribution in [2.24, 2.45) is 0 Å². The fraction of sp³-hybridized carbons (Fsp3) is 0.917. The number of ether oxygens (including phenoxy) is 1. The van der Waals surface area contributed by atoms with Gasteiger partial charge in [0, 0.05) is 12.0 Å². The van der Waals surface area contributed by atoms with Crippen LogP contribution in [0.25, 0.3) is 0 Å². The molecule has 16 heavy (non-hydrogen) atoms. The fourth-order valence-corrected chi connectivity index (χ4v) is 1.76. The summed E-state index contributed by atoms with van der Waals surface area (Å²) in [5.74, 6) is 0.0708. The van der Waals surface area contributed by atoms with Crippen molar-refractivity contribution in [1.82, 2.24) is 10.6 Å². The van der Waals surface area contributed by atoms with E-state index in [-0.39, 0.29) is 11.4 Å². The van der Waals surface area contributed by atoms with Gasteiger partial charge in [-0.15, -0.1) is 0 Å². The third-order valence-electron chi connectivity index (χ3n) is 2.48. The van der Waals surface area contributed by atoms with Gasteiger partial charge in [-0.2, -0.15) is 0 Å². The minimum absolute atomic E-state index is 0.0708. The van der Waals surface area contributed by atoms with Crippen molar-refractivity contribution in [3.8, 4) is 0 Å². The van der Waals surface area contributed by atoms with Gasteiger partial charge in [-0.25, -0.2) is 0 Å². The smallest absolute Gasteiger partial charge is 0.222 e. The highest BCUT2D eigenvalue weighted by Crippen LogP contribution is 2.07. The first-order valence-electron chi connectivity index (χ1n) is 6.11. The lowest BCUT2D eigenvalue weighted by Crippen LogP contribution is -2.41. The van der Waals surface area contributed by atoms with Crippen LogP contribution in [0, 0.1) is 0 Å². The summed E-state index contributed by atoms with van der Waals surface area (Å²) in [6, 6.07) is 0. The Labute approximate surface area is 98.1 Å². The molecule has 0 spiro atoms. The van der Waals surface area contributed by atoms with Crippen LogP contribution in [0.4, 0.5) is 0 Å². The van der Waals surface area contributed by atoms with Gasteiger partial charge in [0.2, 0.25) is 5.91 Å². The molecule has 1 aliphatic rings. The lowest BCUT2D eigenvalue weighted by atomic mass is 10.1. The molecule has 4 nitrogen and oxygen atoms in total. The summed E-state index contributed by atoms with van der Waals surface area (Å²) < 4.78 is 5.67. The Hall–Kier alpha value is -0.610. The first kappa shape index (κ1) is 13.5. The number of amides is 1. The van der Waals surface area contributed by atoms with E-state index in [1.807, 2.05) is 20.8 Å². The third kappa shape index (κ3) is 6.08.